The molecule has 3 fully saturated rings. The number of alkyl carbamates (subject to hydrolysis) is 1. The zero-order chi connectivity index (χ0) is 38.1. The van der Waals surface area contributed by atoms with Gasteiger partial charge < -0.3 is 49.1 Å². The van der Waals surface area contributed by atoms with E-state index in [9.17, 15) is 23.1 Å². The summed E-state index contributed by atoms with van der Waals surface area (Å²) in [5.41, 5.74) is 0.353. The first-order valence-corrected chi connectivity index (χ1v) is 20.4. The van der Waals surface area contributed by atoms with Gasteiger partial charge in [0.1, 0.15) is 6.10 Å². The minimum atomic E-state index is -4.17. The third-order valence-corrected chi connectivity index (χ3v) is 12.2. The van der Waals surface area contributed by atoms with E-state index < -0.39 is 46.1 Å². The molecule has 54 heavy (non-hydrogen) atoms. The first-order chi connectivity index (χ1) is 26.0. The van der Waals surface area contributed by atoms with Crippen molar-refractivity contribution in [3.63, 3.8) is 0 Å². The number of urea groups is 1. The average molecular weight is 775 g/mol. The highest BCUT2D eigenvalue weighted by atomic mass is 32.2. The maximum Gasteiger partial charge on any atom is 0.407 e. The van der Waals surface area contributed by atoms with Gasteiger partial charge in [-0.05, 0) is 48.8 Å². The number of ether oxygens (including phenoxy) is 6. The lowest BCUT2D eigenvalue weighted by molar-refractivity contribution is -0.0907. The lowest BCUT2D eigenvalue weighted by Gasteiger charge is -2.35. The van der Waals surface area contributed by atoms with Gasteiger partial charge in [-0.1, -0.05) is 57.0 Å². The second kappa shape index (κ2) is 18.3. The number of morpholine rings is 1. The molecule has 298 valence electrons. The highest BCUT2D eigenvalue weighted by Gasteiger charge is 2.44. The molecule has 4 aliphatic rings. The van der Waals surface area contributed by atoms with Gasteiger partial charge in [-0.2, -0.15) is 4.31 Å². The van der Waals surface area contributed by atoms with Crippen LogP contribution in [0.5, 0.6) is 11.5 Å². The number of benzene rings is 2. The van der Waals surface area contributed by atoms with Crippen LogP contribution in [0.25, 0.3) is 0 Å². The largest absolute Gasteiger partial charge is 0.454 e. The van der Waals surface area contributed by atoms with Gasteiger partial charge in [0.05, 0.1) is 49.4 Å². The van der Waals surface area contributed by atoms with Crippen molar-refractivity contribution >= 4 is 22.1 Å². The molecule has 0 unspecified atom stereocenters. The van der Waals surface area contributed by atoms with Crippen LogP contribution in [0.3, 0.4) is 0 Å². The summed E-state index contributed by atoms with van der Waals surface area (Å²) in [6.45, 7) is 7.36. The number of aliphatic hydroxyl groups excluding tert-OH is 1. The third kappa shape index (κ3) is 10.5. The molecule has 3 N–H and O–H groups in total. The maximum absolute atomic E-state index is 14.4. The van der Waals surface area contributed by atoms with Gasteiger partial charge in [-0.15, -0.1) is 0 Å². The van der Waals surface area contributed by atoms with Crippen molar-refractivity contribution in [3.05, 3.63) is 54.1 Å². The van der Waals surface area contributed by atoms with Crippen molar-refractivity contribution < 1.29 is 51.5 Å². The number of rotatable bonds is 17. The smallest absolute Gasteiger partial charge is 0.407 e. The summed E-state index contributed by atoms with van der Waals surface area (Å²) in [7, 11) is -4.17. The molecule has 4 aliphatic heterocycles. The summed E-state index contributed by atoms with van der Waals surface area (Å²) < 4.78 is 63.3. The summed E-state index contributed by atoms with van der Waals surface area (Å²) in [4.78, 5) is 27.5. The van der Waals surface area contributed by atoms with Gasteiger partial charge >= 0.3 is 12.1 Å². The lowest BCUT2D eigenvalue weighted by atomic mass is 9.86. The summed E-state index contributed by atoms with van der Waals surface area (Å²) in [5, 5.41) is 17.7. The molecule has 16 heteroatoms. The molecule has 2 aromatic rings. The zero-order valence-corrected chi connectivity index (χ0v) is 32.0. The van der Waals surface area contributed by atoms with Crippen molar-refractivity contribution in [1.29, 1.82) is 0 Å². The van der Waals surface area contributed by atoms with E-state index in [1.807, 2.05) is 44.2 Å². The number of amides is 3. The summed E-state index contributed by atoms with van der Waals surface area (Å²) in [6.07, 6.45) is 1.17. The lowest BCUT2D eigenvalue weighted by Crippen LogP contribution is -2.52. The van der Waals surface area contributed by atoms with E-state index in [4.69, 9.17) is 28.4 Å². The Bertz CT molecular complexity index is 1660. The molecule has 0 radical (unpaired) electrons. The molecule has 5 atom stereocenters. The summed E-state index contributed by atoms with van der Waals surface area (Å²) in [6, 6.07) is 12.9. The number of nitrogens with zero attached hydrogens (tertiary/aromatic N) is 2. The first kappa shape index (κ1) is 40.0. The number of hydrogen-bond donors (Lipinski definition) is 3. The molecule has 0 aliphatic carbocycles. The Kier molecular flexibility index (Phi) is 13.6. The van der Waals surface area contributed by atoms with Crippen molar-refractivity contribution in [2.75, 3.05) is 65.9 Å². The molecule has 0 saturated carbocycles. The number of carbonyl (C=O) groups excluding carboxylic acids is 2. The Morgan fingerprint density at radius 2 is 1.80 bits per heavy atom. The van der Waals surface area contributed by atoms with Gasteiger partial charge in [-0.25, -0.2) is 18.0 Å². The fraction of sp³-hybridized carbons (Fsp3) is 0.632. The fourth-order valence-electron chi connectivity index (χ4n) is 7.33. The van der Waals surface area contributed by atoms with E-state index in [0.29, 0.717) is 63.8 Å². The van der Waals surface area contributed by atoms with Crippen molar-refractivity contribution in [2.45, 2.75) is 81.8 Å². The average Bonchev–Trinajstić information content (AvgIpc) is 3.92. The summed E-state index contributed by atoms with van der Waals surface area (Å²) in [5.74, 6) is 0.719. The number of aliphatic hydroxyl groups is 1. The maximum atomic E-state index is 14.4. The highest BCUT2D eigenvalue weighted by molar-refractivity contribution is 7.89. The third-order valence-electron chi connectivity index (χ3n) is 10.4. The van der Waals surface area contributed by atoms with E-state index in [2.05, 4.69) is 10.6 Å². The van der Waals surface area contributed by atoms with Crippen molar-refractivity contribution in [2.24, 2.45) is 11.3 Å². The van der Waals surface area contributed by atoms with Crippen LogP contribution in [-0.4, -0.2) is 125 Å². The standard InChI is InChI=1S/C38H54N4O11S/c1-38(2,14-7-4-8-15-39-36(44)41-16-19-48-20-17-41)25-42(54(46,47)28-11-12-32-33(22-28)52-26-51-32)23-31(43)30(21-27-9-5-3-6-10-27)40-37(45)53-34-24-50-35-29(34)13-18-49-35/h3,5-6,9-12,22,29-31,34-35,43H,4,7-8,13-21,23-26H2,1-2H3,(H,39,44)(H,40,45)/t29-,30-,31+,34-,35+/m0/s1. The number of carbonyl (C=O) groups is 2. The fourth-order valence-corrected chi connectivity index (χ4v) is 8.99. The van der Waals surface area contributed by atoms with Gasteiger partial charge in [0.15, 0.2) is 17.8 Å². The van der Waals surface area contributed by atoms with Crippen LogP contribution in [0.1, 0.15) is 51.5 Å². The van der Waals surface area contributed by atoms with E-state index >= 15 is 0 Å². The van der Waals surface area contributed by atoms with Gasteiger partial charge in [0.2, 0.25) is 16.8 Å². The molecule has 2 aromatic carbocycles. The normalized spacial score (nSPS) is 22.1. The van der Waals surface area contributed by atoms with Crippen LogP contribution in [-0.2, 0) is 35.4 Å². The van der Waals surface area contributed by atoms with E-state index in [1.54, 1.807) is 11.0 Å². The summed E-state index contributed by atoms with van der Waals surface area (Å²) >= 11 is 0. The molecule has 15 nitrogen and oxygen atoms in total. The van der Waals surface area contributed by atoms with Gasteiger partial charge in [0, 0.05) is 38.8 Å². The van der Waals surface area contributed by atoms with Crippen LogP contribution in [0.15, 0.2) is 53.4 Å². The molecule has 6 rings (SSSR count). The van der Waals surface area contributed by atoms with Gasteiger partial charge in [-0.3, -0.25) is 0 Å². The van der Waals surface area contributed by atoms with Crippen LogP contribution >= 0.6 is 0 Å². The molecule has 0 spiro atoms. The molecule has 3 amide bonds. The van der Waals surface area contributed by atoms with Crippen molar-refractivity contribution in [3.8, 4) is 11.5 Å². The predicted molar refractivity (Wildman–Crippen MR) is 197 cm³/mol. The number of sulfonamides is 1. The molecule has 0 aromatic heterocycles. The van der Waals surface area contributed by atoms with Crippen LogP contribution in [0.2, 0.25) is 0 Å². The minimum absolute atomic E-state index is 0.00443. The quantitative estimate of drug-likeness (QED) is 0.201. The van der Waals surface area contributed by atoms with E-state index in [-0.39, 0.29) is 49.8 Å². The predicted octanol–water partition coefficient (Wildman–Crippen LogP) is 3.49. The van der Waals surface area contributed by atoms with E-state index in [0.717, 1.165) is 24.8 Å². The second-order valence-corrected chi connectivity index (χ2v) is 17.0. The highest BCUT2D eigenvalue weighted by Crippen LogP contribution is 2.36. The monoisotopic (exact) mass is 774 g/mol. The Hall–Kier alpha value is -3.67. The Morgan fingerprint density at radius 1 is 1.02 bits per heavy atom. The molecule has 0 bridgehead atoms. The topological polar surface area (TPSA) is 174 Å². The molecule has 3 saturated heterocycles. The number of unbranched alkanes of at least 4 members (excludes halogenated alkanes) is 2. The van der Waals surface area contributed by atoms with E-state index in [1.165, 1.54) is 16.4 Å². The zero-order valence-electron chi connectivity index (χ0n) is 31.2. The number of fused-ring (bicyclic) bond motifs is 2. The minimum Gasteiger partial charge on any atom is -0.454 e. The number of hydrogen-bond acceptors (Lipinski definition) is 11. The Morgan fingerprint density at radius 3 is 2.59 bits per heavy atom. The molecular weight excluding hydrogens is 721 g/mol. The van der Waals surface area contributed by atoms with Crippen LogP contribution in [0.4, 0.5) is 9.59 Å². The Labute approximate surface area is 317 Å². The number of nitrogens with one attached hydrogen (secondary N) is 2. The van der Waals surface area contributed by atoms with Crippen LogP contribution in [0, 0.1) is 11.3 Å². The second-order valence-electron chi connectivity index (χ2n) is 15.1. The molecular formula is C38H54N4O11S. The van der Waals surface area contributed by atoms with Crippen LogP contribution < -0.4 is 20.1 Å². The van der Waals surface area contributed by atoms with Gasteiger partial charge in [0.25, 0.3) is 0 Å². The van der Waals surface area contributed by atoms with Crippen molar-refractivity contribution in [1.82, 2.24) is 19.8 Å². The SMILES string of the molecule is CC(C)(CCCCCNC(=O)N1CCOCC1)CN(C[C@@H](O)[C@H](Cc1ccccc1)NC(=O)O[C@H]1CO[C@H]2OCC[C@H]21)S(=O)(=O)c1ccc2c(c1)OCO2. The first-order valence-electron chi connectivity index (χ1n) is 18.9. The molecule has 4 heterocycles. The Balaban J connectivity index is 1.13.